The van der Waals surface area contributed by atoms with Crippen molar-refractivity contribution in [3.8, 4) is 5.75 Å². The minimum atomic E-state index is -0.523. The van der Waals surface area contributed by atoms with Crippen molar-refractivity contribution in [1.82, 2.24) is 4.98 Å². The summed E-state index contributed by atoms with van der Waals surface area (Å²) in [6.07, 6.45) is 0. The van der Waals surface area contributed by atoms with E-state index in [-0.39, 0.29) is 17.0 Å². The number of amides is 2. The first-order valence-electron chi connectivity index (χ1n) is 8.94. The normalized spacial score (nSPS) is 13.4. The van der Waals surface area contributed by atoms with Crippen molar-refractivity contribution in [2.75, 3.05) is 35.7 Å². The maximum absolute atomic E-state index is 12.8. The molecule has 0 spiro atoms. The van der Waals surface area contributed by atoms with Crippen molar-refractivity contribution >= 4 is 40.6 Å². The molecule has 2 aromatic rings. The third kappa shape index (κ3) is 4.20. The lowest BCUT2D eigenvalue weighted by molar-refractivity contribution is -0.126. The minimum Gasteiger partial charge on any atom is -0.490 e. The molecular weight excluding hydrogens is 380 g/mol. The van der Waals surface area contributed by atoms with Gasteiger partial charge in [-0.15, -0.1) is 0 Å². The zero-order chi connectivity index (χ0) is 20.5. The summed E-state index contributed by atoms with van der Waals surface area (Å²) in [5, 5.41) is 5.92. The number of nitrogens with zero attached hydrogens (tertiary/aromatic N) is 2. The predicted octanol–water partition coefficient (Wildman–Crippen LogP) is 3.80. The van der Waals surface area contributed by atoms with Gasteiger partial charge in [0.1, 0.15) is 23.3 Å². The Balaban J connectivity index is 1.88. The largest absolute Gasteiger partial charge is 0.490 e. The Morgan fingerprint density at radius 1 is 1.21 bits per heavy atom. The van der Waals surface area contributed by atoms with Crippen LogP contribution in [0.1, 0.15) is 31.1 Å². The van der Waals surface area contributed by atoms with E-state index in [9.17, 15) is 9.59 Å². The van der Waals surface area contributed by atoms with Gasteiger partial charge in [0.2, 0.25) is 5.91 Å². The van der Waals surface area contributed by atoms with Crippen LogP contribution >= 0.6 is 11.6 Å². The SMILES string of the molecule is CNc1cc(C(=O)Nc2ccc3c(c2)N(C(=O)C(C)(C)C)CCO3)cc(Cl)n1. The molecular formula is C20H23ClN4O3. The first-order chi connectivity index (χ1) is 13.2. The number of hydrogen-bond donors (Lipinski definition) is 2. The molecule has 1 aliphatic heterocycles. The number of fused-ring (bicyclic) bond motifs is 1. The van der Waals surface area contributed by atoms with Crippen LogP contribution in [0.25, 0.3) is 0 Å². The van der Waals surface area contributed by atoms with Crippen molar-refractivity contribution in [2.45, 2.75) is 20.8 Å². The Bertz CT molecular complexity index is 924. The average Bonchev–Trinajstić information content (AvgIpc) is 2.65. The van der Waals surface area contributed by atoms with Crippen LogP contribution in [0, 0.1) is 5.41 Å². The van der Waals surface area contributed by atoms with Crippen molar-refractivity contribution in [1.29, 1.82) is 0 Å². The van der Waals surface area contributed by atoms with Crippen LogP contribution < -0.4 is 20.3 Å². The van der Waals surface area contributed by atoms with E-state index in [1.54, 1.807) is 36.2 Å². The van der Waals surface area contributed by atoms with E-state index < -0.39 is 5.41 Å². The fourth-order valence-electron chi connectivity index (χ4n) is 2.87. The molecule has 2 heterocycles. The molecule has 2 N–H and O–H groups in total. The third-order valence-electron chi connectivity index (χ3n) is 4.28. The number of ether oxygens (including phenoxy) is 1. The standard InChI is InChI=1S/C20H23ClN4O3/c1-20(2,3)19(27)25-7-8-28-15-6-5-13(11-14(15)25)23-18(26)12-9-16(21)24-17(10-12)22-4/h5-6,9-11H,7-8H2,1-4H3,(H,22,24)(H,23,26). The molecule has 28 heavy (non-hydrogen) atoms. The van der Waals surface area contributed by atoms with Crippen molar-refractivity contribution in [3.05, 3.63) is 41.0 Å². The monoisotopic (exact) mass is 402 g/mol. The van der Waals surface area contributed by atoms with E-state index in [2.05, 4.69) is 15.6 Å². The summed E-state index contributed by atoms with van der Waals surface area (Å²) < 4.78 is 5.67. The molecule has 0 atom stereocenters. The molecule has 0 saturated carbocycles. The van der Waals surface area contributed by atoms with E-state index >= 15 is 0 Å². The van der Waals surface area contributed by atoms with Crippen LogP contribution in [0.3, 0.4) is 0 Å². The van der Waals surface area contributed by atoms with Crippen molar-refractivity contribution in [2.24, 2.45) is 5.41 Å². The van der Waals surface area contributed by atoms with Crippen LogP contribution in [-0.4, -0.2) is 37.0 Å². The maximum atomic E-state index is 12.8. The molecule has 1 aromatic heterocycles. The minimum absolute atomic E-state index is 0.0000964. The van der Waals surface area contributed by atoms with Gasteiger partial charge in [0, 0.05) is 23.7 Å². The van der Waals surface area contributed by atoms with E-state index in [4.69, 9.17) is 16.3 Å². The molecule has 2 amide bonds. The molecule has 3 rings (SSSR count). The van der Waals surface area contributed by atoms with Gasteiger partial charge in [-0.3, -0.25) is 9.59 Å². The molecule has 0 fully saturated rings. The smallest absolute Gasteiger partial charge is 0.255 e. The number of anilines is 3. The molecule has 1 aliphatic rings. The molecule has 0 radical (unpaired) electrons. The molecule has 0 bridgehead atoms. The van der Waals surface area contributed by atoms with Crippen molar-refractivity contribution in [3.63, 3.8) is 0 Å². The number of nitrogens with one attached hydrogen (secondary N) is 2. The molecule has 148 valence electrons. The lowest BCUT2D eigenvalue weighted by Gasteiger charge is -2.34. The van der Waals surface area contributed by atoms with Gasteiger partial charge in [-0.05, 0) is 30.3 Å². The number of hydrogen-bond acceptors (Lipinski definition) is 5. The molecule has 0 aliphatic carbocycles. The van der Waals surface area contributed by atoms with Gasteiger partial charge in [0.25, 0.3) is 5.91 Å². The maximum Gasteiger partial charge on any atom is 0.255 e. The number of pyridine rings is 1. The summed E-state index contributed by atoms with van der Waals surface area (Å²) in [5.41, 5.74) is 1.05. The highest BCUT2D eigenvalue weighted by Crippen LogP contribution is 2.36. The van der Waals surface area contributed by atoms with E-state index in [0.29, 0.717) is 41.7 Å². The second kappa shape index (κ2) is 7.67. The summed E-state index contributed by atoms with van der Waals surface area (Å²) in [6, 6.07) is 8.35. The van der Waals surface area contributed by atoms with Gasteiger partial charge in [-0.1, -0.05) is 32.4 Å². The highest BCUT2D eigenvalue weighted by molar-refractivity contribution is 6.30. The topological polar surface area (TPSA) is 83.6 Å². The molecule has 1 aromatic carbocycles. The Kier molecular flexibility index (Phi) is 5.47. The van der Waals surface area contributed by atoms with Gasteiger partial charge in [0.15, 0.2) is 0 Å². The van der Waals surface area contributed by atoms with Crippen LogP contribution in [0.4, 0.5) is 17.2 Å². The van der Waals surface area contributed by atoms with Crippen LogP contribution in [0.5, 0.6) is 5.75 Å². The summed E-state index contributed by atoms with van der Waals surface area (Å²) in [7, 11) is 1.70. The summed E-state index contributed by atoms with van der Waals surface area (Å²) in [4.78, 5) is 31.2. The van der Waals surface area contributed by atoms with Gasteiger partial charge < -0.3 is 20.3 Å². The van der Waals surface area contributed by atoms with Gasteiger partial charge in [-0.2, -0.15) is 0 Å². The summed E-state index contributed by atoms with van der Waals surface area (Å²) >= 11 is 5.98. The predicted molar refractivity (Wildman–Crippen MR) is 110 cm³/mol. The second-order valence-electron chi connectivity index (χ2n) is 7.51. The third-order valence-corrected chi connectivity index (χ3v) is 4.47. The fraction of sp³-hybridized carbons (Fsp3) is 0.350. The summed E-state index contributed by atoms with van der Waals surface area (Å²) in [6.45, 7) is 6.53. The average molecular weight is 403 g/mol. The summed E-state index contributed by atoms with van der Waals surface area (Å²) in [5.74, 6) is 0.788. The van der Waals surface area contributed by atoms with Crippen LogP contribution in [0.15, 0.2) is 30.3 Å². The number of benzene rings is 1. The Hall–Kier alpha value is -2.80. The number of rotatable bonds is 3. The molecule has 0 unspecified atom stereocenters. The number of carbonyl (C=O) groups is 2. The van der Waals surface area contributed by atoms with E-state index in [0.717, 1.165) is 0 Å². The quantitative estimate of drug-likeness (QED) is 0.763. The van der Waals surface area contributed by atoms with Crippen LogP contribution in [0.2, 0.25) is 5.15 Å². The first kappa shape index (κ1) is 19.9. The highest BCUT2D eigenvalue weighted by atomic mass is 35.5. The molecule has 0 saturated heterocycles. The first-order valence-corrected chi connectivity index (χ1v) is 9.32. The Morgan fingerprint density at radius 2 is 1.96 bits per heavy atom. The van der Waals surface area contributed by atoms with Crippen LogP contribution in [-0.2, 0) is 4.79 Å². The fourth-order valence-corrected chi connectivity index (χ4v) is 3.08. The molecule has 7 nitrogen and oxygen atoms in total. The van der Waals surface area contributed by atoms with Gasteiger partial charge in [-0.25, -0.2) is 4.98 Å². The van der Waals surface area contributed by atoms with E-state index in [1.807, 2.05) is 20.8 Å². The van der Waals surface area contributed by atoms with E-state index in [1.165, 1.54) is 6.07 Å². The Morgan fingerprint density at radius 3 is 2.64 bits per heavy atom. The Labute approximate surface area is 169 Å². The number of aromatic nitrogens is 1. The molecule has 8 heteroatoms. The lowest BCUT2D eigenvalue weighted by atomic mass is 9.94. The highest BCUT2D eigenvalue weighted by Gasteiger charge is 2.32. The number of carbonyl (C=O) groups excluding carboxylic acids is 2. The van der Waals surface area contributed by atoms with Crippen molar-refractivity contribution < 1.29 is 14.3 Å². The van der Waals surface area contributed by atoms with Gasteiger partial charge >= 0.3 is 0 Å². The lowest BCUT2D eigenvalue weighted by Crippen LogP contribution is -2.44. The number of halogens is 1. The zero-order valence-electron chi connectivity index (χ0n) is 16.3. The zero-order valence-corrected chi connectivity index (χ0v) is 17.1. The van der Waals surface area contributed by atoms with Gasteiger partial charge in [0.05, 0.1) is 12.2 Å². The second-order valence-corrected chi connectivity index (χ2v) is 7.89.